The lowest BCUT2D eigenvalue weighted by Crippen LogP contribution is -2.51. The van der Waals surface area contributed by atoms with E-state index in [9.17, 15) is 4.79 Å². The maximum atomic E-state index is 13.1. The highest BCUT2D eigenvalue weighted by Crippen LogP contribution is 2.34. The number of amides is 1. The maximum absolute atomic E-state index is 13.1. The predicted octanol–water partition coefficient (Wildman–Crippen LogP) is 3.16. The molecule has 1 amide bonds. The third kappa shape index (κ3) is 4.42. The molecule has 0 unspecified atom stereocenters. The summed E-state index contributed by atoms with van der Waals surface area (Å²) in [4.78, 5) is 18.3. The molecule has 150 valence electrons. The van der Waals surface area contributed by atoms with E-state index in [-0.39, 0.29) is 18.1 Å². The fraction of sp³-hybridized carbons (Fsp3) is 0.476. The van der Waals surface area contributed by atoms with E-state index in [4.69, 9.17) is 14.2 Å². The molecular formula is C21H26N2O4S. The molecule has 7 heteroatoms. The second kappa shape index (κ2) is 8.41. The van der Waals surface area contributed by atoms with E-state index in [2.05, 4.69) is 16.3 Å². The van der Waals surface area contributed by atoms with Crippen molar-refractivity contribution in [2.45, 2.75) is 32.6 Å². The topological polar surface area (TPSA) is 51.2 Å². The molecule has 2 aromatic rings. The second-order valence-corrected chi connectivity index (χ2v) is 8.35. The molecule has 2 atom stereocenters. The van der Waals surface area contributed by atoms with E-state index in [1.165, 1.54) is 4.88 Å². The van der Waals surface area contributed by atoms with E-state index < -0.39 is 0 Å². The molecule has 1 saturated heterocycles. The summed E-state index contributed by atoms with van der Waals surface area (Å²) in [6, 6.07) is 10.0. The average molecular weight is 403 g/mol. The summed E-state index contributed by atoms with van der Waals surface area (Å²) >= 11 is 1.70. The van der Waals surface area contributed by atoms with Gasteiger partial charge in [-0.05, 0) is 37.4 Å². The van der Waals surface area contributed by atoms with Crippen LogP contribution in [0.15, 0.2) is 35.7 Å². The summed E-state index contributed by atoms with van der Waals surface area (Å²) < 4.78 is 17.1. The SMILES string of the molecule is C[C@H]1CN(C(=O)CN(Cc2cccs2)c2ccc3c(c2)OCCO3)C[C@H](C)O1. The van der Waals surface area contributed by atoms with Gasteiger partial charge < -0.3 is 24.0 Å². The lowest BCUT2D eigenvalue weighted by atomic mass is 10.2. The number of rotatable bonds is 5. The zero-order chi connectivity index (χ0) is 19.5. The Balaban J connectivity index is 1.54. The van der Waals surface area contributed by atoms with Crippen LogP contribution in [0, 0.1) is 0 Å². The first kappa shape index (κ1) is 19.1. The number of nitrogens with zero attached hydrogens (tertiary/aromatic N) is 2. The third-order valence-electron chi connectivity index (χ3n) is 4.92. The molecule has 1 aromatic heterocycles. The zero-order valence-corrected chi connectivity index (χ0v) is 17.1. The minimum absolute atomic E-state index is 0.0627. The smallest absolute Gasteiger partial charge is 0.242 e. The van der Waals surface area contributed by atoms with Crippen LogP contribution >= 0.6 is 11.3 Å². The molecule has 0 N–H and O–H groups in total. The molecule has 6 nitrogen and oxygen atoms in total. The normalized spacial score (nSPS) is 21.4. The standard InChI is InChI=1S/C21H26N2O4S/c1-15-11-23(12-16(2)27-15)21(24)14-22(13-18-4-3-9-28-18)17-5-6-19-20(10-17)26-8-7-25-19/h3-6,9-10,15-16H,7-8,11-14H2,1-2H3/t15-,16-/m0/s1. The van der Waals surface area contributed by atoms with Crippen LogP contribution in [-0.2, 0) is 16.1 Å². The summed E-state index contributed by atoms with van der Waals surface area (Å²) in [5.41, 5.74) is 0.959. The summed E-state index contributed by atoms with van der Waals surface area (Å²) in [5.74, 6) is 1.61. The molecular weight excluding hydrogens is 376 g/mol. The molecule has 28 heavy (non-hydrogen) atoms. The summed E-state index contributed by atoms with van der Waals surface area (Å²) in [5, 5.41) is 2.06. The molecule has 2 aliphatic heterocycles. The van der Waals surface area contributed by atoms with Crippen molar-refractivity contribution in [3.8, 4) is 11.5 Å². The quantitative estimate of drug-likeness (QED) is 0.769. The molecule has 4 rings (SSSR count). The highest BCUT2D eigenvalue weighted by molar-refractivity contribution is 7.09. The van der Waals surface area contributed by atoms with Crippen molar-refractivity contribution in [1.29, 1.82) is 0 Å². The van der Waals surface area contributed by atoms with E-state index in [1.807, 2.05) is 43.0 Å². The highest BCUT2D eigenvalue weighted by Gasteiger charge is 2.27. The van der Waals surface area contributed by atoms with Gasteiger partial charge in [0.25, 0.3) is 0 Å². The molecule has 3 heterocycles. The van der Waals surface area contributed by atoms with Gasteiger partial charge in [-0.25, -0.2) is 0 Å². The number of thiophene rings is 1. The van der Waals surface area contributed by atoms with Gasteiger partial charge in [-0.3, -0.25) is 4.79 Å². The predicted molar refractivity (Wildman–Crippen MR) is 109 cm³/mol. The minimum Gasteiger partial charge on any atom is -0.486 e. The van der Waals surface area contributed by atoms with Gasteiger partial charge in [0.1, 0.15) is 13.2 Å². The van der Waals surface area contributed by atoms with Crippen molar-refractivity contribution in [2.75, 3.05) is 37.7 Å². The summed E-state index contributed by atoms with van der Waals surface area (Å²) in [7, 11) is 0. The monoisotopic (exact) mass is 402 g/mol. The summed E-state index contributed by atoms with van der Waals surface area (Å²) in [6.07, 6.45) is 0.125. The van der Waals surface area contributed by atoms with Gasteiger partial charge in [-0.15, -0.1) is 11.3 Å². The Morgan fingerprint density at radius 2 is 1.89 bits per heavy atom. The maximum Gasteiger partial charge on any atom is 0.242 e. The van der Waals surface area contributed by atoms with Gasteiger partial charge in [-0.1, -0.05) is 6.07 Å². The van der Waals surface area contributed by atoms with Crippen LogP contribution in [-0.4, -0.2) is 55.9 Å². The Labute approximate surface area is 169 Å². The first-order valence-electron chi connectivity index (χ1n) is 9.68. The molecule has 0 saturated carbocycles. The molecule has 0 radical (unpaired) electrons. The average Bonchev–Trinajstić information content (AvgIpc) is 3.19. The number of anilines is 1. The lowest BCUT2D eigenvalue weighted by molar-refractivity contribution is -0.141. The van der Waals surface area contributed by atoms with Crippen LogP contribution in [0.25, 0.3) is 0 Å². The lowest BCUT2D eigenvalue weighted by Gasteiger charge is -2.37. The Kier molecular flexibility index (Phi) is 5.73. The Hall–Kier alpha value is -2.25. The summed E-state index contributed by atoms with van der Waals surface area (Å²) in [6.45, 7) is 7.41. The number of morpholine rings is 1. The van der Waals surface area contributed by atoms with Gasteiger partial charge in [0.05, 0.1) is 25.3 Å². The molecule has 0 bridgehead atoms. The van der Waals surface area contributed by atoms with E-state index in [0.717, 1.165) is 17.2 Å². The number of hydrogen-bond donors (Lipinski definition) is 0. The molecule has 1 fully saturated rings. The van der Waals surface area contributed by atoms with Gasteiger partial charge in [0.15, 0.2) is 11.5 Å². The van der Waals surface area contributed by atoms with E-state index >= 15 is 0 Å². The van der Waals surface area contributed by atoms with Crippen LogP contribution in [0.2, 0.25) is 0 Å². The van der Waals surface area contributed by atoms with Crippen molar-refractivity contribution in [3.05, 3.63) is 40.6 Å². The van der Waals surface area contributed by atoms with Crippen LogP contribution in [0.3, 0.4) is 0 Å². The molecule has 0 aliphatic carbocycles. The van der Waals surface area contributed by atoms with Gasteiger partial charge in [0.2, 0.25) is 5.91 Å². The van der Waals surface area contributed by atoms with Crippen LogP contribution < -0.4 is 14.4 Å². The van der Waals surface area contributed by atoms with Crippen molar-refractivity contribution >= 4 is 22.9 Å². The number of benzene rings is 1. The van der Waals surface area contributed by atoms with Gasteiger partial charge in [0, 0.05) is 29.7 Å². The number of hydrogen-bond acceptors (Lipinski definition) is 6. The van der Waals surface area contributed by atoms with Crippen molar-refractivity contribution in [1.82, 2.24) is 4.90 Å². The molecule has 2 aliphatic rings. The first-order chi connectivity index (χ1) is 13.6. The van der Waals surface area contributed by atoms with E-state index in [0.29, 0.717) is 39.4 Å². The zero-order valence-electron chi connectivity index (χ0n) is 16.3. The van der Waals surface area contributed by atoms with Crippen molar-refractivity contribution in [2.24, 2.45) is 0 Å². The first-order valence-corrected chi connectivity index (χ1v) is 10.6. The second-order valence-electron chi connectivity index (χ2n) is 7.32. The number of carbonyl (C=O) groups is 1. The third-order valence-corrected chi connectivity index (χ3v) is 5.78. The largest absolute Gasteiger partial charge is 0.486 e. The number of fused-ring (bicyclic) bond motifs is 1. The fourth-order valence-corrected chi connectivity index (χ4v) is 4.42. The van der Waals surface area contributed by atoms with Crippen LogP contribution in [0.1, 0.15) is 18.7 Å². The number of carbonyl (C=O) groups excluding carboxylic acids is 1. The highest BCUT2D eigenvalue weighted by atomic mass is 32.1. The van der Waals surface area contributed by atoms with Gasteiger partial charge in [-0.2, -0.15) is 0 Å². The van der Waals surface area contributed by atoms with Crippen LogP contribution in [0.4, 0.5) is 5.69 Å². The van der Waals surface area contributed by atoms with Gasteiger partial charge >= 0.3 is 0 Å². The van der Waals surface area contributed by atoms with Crippen LogP contribution in [0.5, 0.6) is 11.5 Å². The Morgan fingerprint density at radius 3 is 2.61 bits per heavy atom. The minimum atomic E-state index is 0.0627. The Bertz CT molecular complexity index is 801. The number of ether oxygens (including phenoxy) is 3. The van der Waals surface area contributed by atoms with Crippen molar-refractivity contribution in [3.63, 3.8) is 0 Å². The Morgan fingerprint density at radius 1 is 1.14 bits per heavy atom. The molecule has 1 aromatic carbocycles. The van der Waals surface area contributed by atoms with Crippen molar-refractivity contribution < 1.29 is 19.0 Å². The fourth-order valence-electron chi connectivity index (χ4n) is 3.70. The molecule has 0 spiro atoms. The van der Waals surface area contributed by atoms with E-state index in [1.54, 1.807) is 11.3 Å².